The van der Waals surface area contributed by atoms with E-state index >= 15 is 0 Å². The van der Waals surface area contributed by atoms with Gasteiger partial charge >= 0.3 is 5.97 Å². The highest BCUT2D eigenvalue weighted by molar-refractivity contribution is 6.32. The fourth-order valence-corrected chi connectivity index (χ4v) is 2.04. The van der Waals surface area contributed by atoms with Crippen LogP contribution in [0, 0.1) is 0 Å². The number of hydrogen-bond acceptors (Lipinski definition) is 2. The molecule has 1 aromatic carbocycles. The average Bonchev–Trinajstić information content (AvgIpc) is 2.26. The van der Waals surface area contributed by atoms with Gasteiger partial charge in [0.2, 0.25) is 0 Å². The van der Waals surface area contributed by atoms with Crippen LogP contribution in [0.5, 0.6) is 0 Å². The standard InChI is InChI=1S/C12H8ClF2NO2/c13-8-4-3-7-2-1-5-16-11(7)10(8)12(14,15)6-9(17)18/h1-5H,6H2,(H,17,18). The van der Waals surface area contributed by atoms with Crippen LogP contribution in [-0.4, -0.2) is 16.1 Å². The Hall–Kier alpha value is -1.75. The Morgan fingerprint density at radius 2 is 2.11 bits per heavy atom. The van der Waals surface area contributed by atoms with Gasteiger partial charge in [-0.3, -0.25) is 9.78 Å². The summed E-state index contributed by atoms with van der Waals surface area (Å²) in [7, 11) is 0. The zero-order valence-corrected chi connectivity index (χ0v) is 9.79. The Labute approximate surface area is 106 Å². The van der Waals surface area contributed by atoms with Crippen molar-refractivity contribution in [1.82, 2.24) is 4.98 Å². The van der Waals surface area contributed by atoms with E-state index in [9.17, 15) is 13.6 Å². The van der Waals surface area contributed by atoms with Crippen molar-refractivity contribution in [2.75, 3.05) is 0 Å². The summed E-state index contributed by atoms with van der Waals surface area (Å²) in [6.07, 6.45) is 0.0431. The van der Waals surface area contributed by atoms with Crippen molar-refractivity contribution in [3.63, 3.8) is 0 Å². The van der Waals surface area contributed by atoms with Gasteiger partial charge in [-0.15, -0.1) is 0 Å². The topological polar surface area (TPSA) is 50.2 Å². The molecular formula is C12H8ClF2NO2. The number of halogens is 3. The molecule has 0 bridgehead atoms. The van der Waals surface area contributed by atoms with Crippen LogP contribution < -0.4 is 0 Å². The van der Waals surface area contributed by atoms with Crippen molar-refractivity contribution in [3.8, 4) is 0 Å². The Morgan fingerprint density at radius 1 is 1.39 bits per heavy atom. The molecule has 1 aromatic heterocycles. The monoisotopic (exact) mass is 271 g/mol. The van der Waals surface area contributed by atoms with Gasteiger partial charge in [-0.2, -0.15) is 0 Å². The van der Waals surface area contributed by atoms with Crippen molar-refractivity contribution in [3.05, 3.63) is 41.0 Å². The quantitative estimate of drug-likeness (QED) is 0.930. The number of benzene rings is 1. The number of rotatable bonds is 3. The summed E-state index contributed by atoms with van der Waals surface area (Å²) < 4.78 is 27.8. The minimum absolute atomic E-state index is 0.0243. The van der Waals surface area contributed by atoms with Crippen molar-refractivity contribution in [1.29, 1.82) is 0 Å². The Bertz CT molecular complexity index is 616. The molecule has 0 saturated heterocycles. The Kier molecular flexibility index (Phi) is 3.17. The maximum atomic E-state index is 13.9. The molecule has 0 aliphatic carbocycles. The molecule has 0 amide bonds. The van der Waals surface area contributed by atoms with E-state index < -0.39 is 23.9 Å². The van der Waals surface area contributed by atoms with E-state index in [1.165, 1.54) is 12.3 Å². The lowest BCUT2D eigenvalue weighted by atomic mass is 10.0. The second kappa shape index (κ2) is 4.49. The van der Waals surface area contributed by atoms with Gasteiger partial charge in [0.05, 0.1) is 16.1 Å². The first kappa shape index (κ1) is 12.7. The predicted octanol–water partition coefficient (Wildman–Crippen LogP) is 3.45. The summed E-state index contributed by atoms with van der Waals surface area (Å²) in [6, 6.07) is 6.09. The molecule has 0 fully saturated rings. The van der Waals surface area contributed by atoms with E-state index in [1.807, 2.05) is 0 Å². The summed E-state index contributed by atoms with van der Waals surface area (Å²) in [4.78, 5) is 14.4. The molecule has 0 aliphatic rings. The molecular weight excluding hydrogens is 264 g/mol. The molecule has 0 radical (unpaired) electrons. The zero-order chi connectivity index (χ0) is 13.3. The minimum atomic E-state index is -3.56. The normalized spacial score (nSPS) is 11.7. The van der Waals surface area contributed by atoms with Crippen molar-refractivity contribution < 1.29 is 18.7 Å². The number of carbonyl (C=O) groups is 1. The van der Waals surface area contributed by atoms with Crippen LogP contribution in [0.1, 0.15) is 12.0 Å². The molecule has 0 atom stereocenters. The minimum Gasteiger partial charge on any atom is -0.481 e. The molecule has 1 N–H and O–H groups in total. The summed E-state index contributed by atoms with van der Waals surface area (Å²) in [6.45, 7) is 0. The van der Waals surface area contributed by atoms with Crippen LogP contribution in [0.25, 0.3) is 10.9 Å². The van der Waals surface area contributed by atoms with Gasteiger partial charge < -0.3 is 5.11 Å². The third-order valence-corrected chi connectivity index (χ3v) is 2.78. The van der Waals surface area contributed by atoms with Gasteiger partial charge in [0.15, 0.2) is 0 Å². The van der Waals surface area contributed by atoms with Crippen LogP contribution in [0.15, 0.2) is 30.5 Å². The number of hydrogen-bond donors (Lipinski definition) is 1. The summed E-state index contributed by atoms with van der Waals surface area (Å²) in [5.74, 6) is -5.15. The first-order valence-electron chi connectivity index (χ1n) is 5.05. The molecule has 94 valence electrons. The van der Waals surface area contributed by atoms with Crippen molar-refractivity contribution in [2.45, 2.75) is 12.3 Å². The average molecular weight is 272 g/mol. The summed E-state index contributed by atoms with van der Waals surface area (Å²) in [5.41, 5.74) is -0.513. The molecule has 0 saturated carbocycles. The van der Waals surface area contributed by atoms with E-state index in [-0.39, 0.29) is 10.5 Å². The van der Waals surface area contributed by atoms with Gasteiger partial charge in [-0.1, -0.05) is 23.7 Å². The van der Waals surface area contributed by atoms with E-state index in [0.29, 0.717) is 5.39 Å². The number of pyridine rings is 1. The van der Waals surface area contributed by atoms with Crippen molar-refractivity contribution in [2.24, 2.45) is 0 Å². The van der Waals surface area contributed by atoms with Crippen LogP contribution in [0.4, 0.5) is 8.78 Å². The van der Waals surface area contributed by atoms with Gasteiger partial charge in [-0.05, 0) is 12.1 Å². The highest BCUT2D eigenvalue weighted by Crippen LogP contribution is 2.40. The smallest absolute Gasteiger partial charge is 0.309 e. The highest BCUT2D eigenvalue weighted by atomic mass is 35.5. The number of aliphatic carboxylic acids is 1. The fraction of sp³-hybridized carbons (Fsp3) is 0.167. The number of nitrogens with zero attached hydrogens (tertiary/aromatic N) is 1. The first-order chi connectivity index (χ1) is 8.42. The highest BCUT2D eigenvalue weighted by Gasteiger charge is 2.38. The van der Waals surface area contributed by atoms with Crippen molar-refractivity contribution >= 4 is 28.5 Å². The lowest BCUT2D eigenvalue weighted by Crippen LogP contribution is -2.19. The number of carboxylic acid groups (broad SMARTS) is 1. The molecule has 18 heavy (non-hydrogen) atoms. The second-order valence-electron chi connectivity index (χ2n) is 3.77. The van der Waals surface area contributed by atoms with Gasteiger partial charge in [0.25, 0.3) is 5.92 Å². The van der Waals surface area contributed by atoms with E-state index in [1.54, 1.807) is 18.2 Å². The van der Waals surface area contributed by atoms with E-state index in [4.69, 9.17) is 16.7 Å². The molecule has 2 aromatic rings. The molecule has 1 heterocycles. The third-order valence-electron chi connectivity index (χ3n) is 2.46. The van der Waals surface area contributed by atoms with Crippen LogP contribution in [0.3, 0.4) is 0 Å². The van der Waals surface area contributed by atoms with Gasteiger partial charge in [0.1, 0.15) is 6.42 Å². The van der Waals surface area contributed by atoms with E-state index in [2.05, 4.69) is 4.98 Å². The maximum absolute atomic E-state index is 13.9. The lowest BCUT2D eigenvalue weighted by Gasteiger charge is -2.17. The number of alkyl halides is 2. The summed E-state index contributed by atoms with van der Waals surface area (Å²) >= 11 is 5.76. The summed E-state index contributed by atoms with van der Waals surface area (Å²) in [5, 5.41) is 8.83. The largest absolute Gasteiger partial charge is 0.481 e. The number of fused-ring (bicyclic) bond motifs is 1. The van der Waals surface area contributed by atoms with Crippen LogP contribution in [0.2, 0.25) is 5.02 Å². The fourth-order valence-electron chi connectivity index (χ4n) is 1.75. The predicted molar refractivity (Wildman–Crippen MR) is 62.9 cm³/mol. The van der Waals surface area contributed by atoms with Gasteiger partial charge in [0, 0.05) is 11.6 Å². The molecule has 0 spiro atoms. The van der Waals surface area contributed by atoms with Gasteiger partial charge in [-0.25, -0.2) is 8.78 Å². The second-order valence-corrected chi connectivity index (χ2v) is 4.18. The maximum Gasteiger partial charge on any atom is 0.309 e. The van der Waals surface area contributed by atoms with Crippen LogP contribution >= 0.6 is 11.6 Å². The first-order valence-corrected chi connectivity index (χ1v) is 5.43. The SMILES string of the molecule is O=C(O)CC(F)(F)c1c(Cl)ccc2cccnc12. The molecule has 0 unspecified atom stereocenters. The Balaban J connectivity index is 2.69. The Morgan fingerprint density at radius 3 is 2.78 bits per heavy atom. The number of carboxylic acids is 1. The zero-order valence-electron chi connectivity index (χ0n) is 9.03. The lowest BCUT2D eigenvalue weighted by molar-refractivity contribution is -0.145. The van der Waals surface area contributed by atoms with Crippen LogP contribution in [-0.2, 0) is 10.7 Å². The molecule has 6 heteroatoms. The third kappa shape index (κ3) is 2.26. The number of aromatic nitrogens is 1. The molecule has 0 aliphatic heterocycles. The molecule has 2 rings (SSSR count). The van der Waals surface area contributed by atoms with E-state index in [0.717, 1.165) is 0 Å². The molecule has 3 nitrogen and oxygen atoms in total.